The van der Waals surface area contributed by atoms with E-state index in [0.29, 0.717) is 46.8 Å². The zero-order valence-electron chi connectivity index (χ0n) is 22.7. The third-order valence-electron chi connectivity index (χ3n) is 7.19. The number of halogens is 1. The van der Waals surface area contributed by atoms with Gasteiger partial charge in [0.25, 0.3) is 5.91 Å². The van der Waals surface area contributed by atoms with Crippen molar-refractivity contribution in [2.75, 3.05) is 63.8 Å². The third-order valence-corrected chi connectivity index (χ3v) is 7.44. The molecular formula is C30H39ClN6O3. The lowest BCUT2D eigenvalue weighted by atomic mass is 10.0. The van der Waals surface area contributed by atoms with Crippen LogP contribution in [-0.4, -0.2) is 80.2 Å². The van der Waals surface area contributed by atoms with Gasteiger partial charge in [-0.05, 0) is 62.2 Å². The Morgan fingerprint density at radius 2 is 1.77 bits per heavy atom. The molecule has 1 saturated heterocycles. The number of hydrogen-bond acceptors (Lipinski definition) is 7. The molecule has 1 aromatic heterocycles. The van der Waals surface area contributed by atoms with Crippen molar-refractivity contribution in [3.05, 3.63) is 70.5 Å². The van der Waals surface area contributed by atoms with E-state index in [-0.39, 0.29) is 13.3 Å². The minimum atomic E-state index is -0.280. The molecule has 1 amide bonds. The van der Waals surface area contributed by atoms with Gasteiger partial charge >= 0.3 is 0 Å². The van der Waals surface area contributed by atoms with Crippen molar-refractivity contribution in [3.63, 3.8) is 0 Å². The molecule has 0 aliphatic carbocycles. The number of benzene rings is 2. The van der Waals surface area contributed by atoms with Crippen LogP contribution in [0.15, 0.2) is 48.7 Å². The first-order valence-corrected chi connectivity index (χ1v) is 13.5. The van der Waals surface area contributed by atoms with Crippen molar-refractivity contribution in [2.45, 2.75) is 33.2 Å². The maximum Gasteiger partial charge on any atom is 0.259 e. The molecule has 3 aromatic rings. The van der Waals surface area contributed by atoms with Gasteiger partial charge < -0.3 is 19.7 Å². The summed E-state index contributed by atoms with van der Waals surface area (Å²) in [6, 6.07) is 15.5. The number of piperidine rings is 1. The zero-order valence-corrected chi connectivity index (χ0v) is 23.4. The molecule has 214 valence electrons. The quantitative estimate of drug-likeness (QED) is 0.342. The first-order valence-electron chi connectivity index (χ1n) is 13.1. The molecule has 0 bridgehead atoms. The van der Waals surface area contributed by atoms with E-state index in [1.165, 1.54) is 0 Å². The van der Waals surface area contributed by atoms with E-state index in [4.69, 9.17) is 21.1 Å². The molecular weight excluding hydrogens is 528 g/mol. The van der Waals surface area contributed by atoms with Crippen LogP contribution in [0.1, 0.15) is 41.9 Å². The molecule has 0 radical (unpaired) electrons. The third kappa shape index (κ3) is 7.40. The fourth-order valence-electron chi connectivity index (χ4n) is 5.02. The highest BCUT2D eigenvalue weighted by Crippen LogP contribution is 2.28. The zero-order chi connectivity index (χ0) is 27.8. The van der Waals surface area contributed by atoms with Gasteiger partial charge in [-0.25, -0.2) is 4.68 Å². The largest absolute Gasteiger partial charge is 0.383 e. The van der Waals surface area contributed by atoms with E-state index >= 15 is 0 Å². The fraction of sp³-hybridized carbons (Fsp3) is 0.433. The van der Waals surface area contributed by atoms with Gasteiger partial charge in [0.05, 0.1) is 47.6 Å². The molecule has 40 heavy (non-hydrogen) atoms. The molecule has 9 nitrogen and oxygen atoms in total. The van der Waals surface area contributed by atoms with Gasteiger partial charge in [-0.1, -0.05) is 19.0 Å². The number of nitrogens with one attached hydrogen (secondary N) is 1. The maximum absolute atomic E-state index is 13.1. The summed E-state index contributed by atoms with van der Waals surface area (Å²) in [5.74, 6) is -0.280. The minimum Gasteiger partial charge on any atom is -0.383 e. The van der Waals surface area contributed by atoms with Crippen LogP contribution in [0, 0.1) is 18.3 Å². The Morgan fingerprint density at radius 1 is 1.12 bits per heavy atom. The predicted molar refractivity (Wildman–Crippen MR) is 160 cm³/mol. The number of anilines is 2. The number of nitriles is 1. The molecule has 1 aliphatic rings. The van der Waals surface area contributed by atoms with Crippen LogP contribution in [0.25, 0.3) is 5.69 Å². The van der Waals surface area contributed by atoms with Gasteiger partial charge in [-0.15, -0.1) is 0 Å². The van der Waals surface area contributed by atoms with Crippen LogP contribution in [0.5, 0.6) is 0 Å². The van der Waals surface area contributed by atoms with Crippen molar-refractivity contribution in [3.8, 4) is 11.8 Å². The molecule has 0 atom stereocenters. The number of carbonyl (C=O) groups is 1. The second-order valence-corrected chi connectivity index (χ2v) is 10.0. The monoisotopic (exact) mass is 566 g/mol. The number of amides is 1. The van der Waals surface area contributed by atoms with Gasteiger partial charge in [0, 0.05) is 57.2 Å². The van der Waals surface area contributed by atoms with Crippen molar-refractivity contribution >= 4 is 28.9 Å². The van der Waals surface area contributed by atoms with Crippen LogP contribution in [-0.2, 0) is 9.47 Å². The average Bonchev–Trinajstić information content (AvgIpc) is 3.35. The molecule has 0 saturated carbocycles. The van der Waals surface area contributed by atoms with E-state index in [9.17, 15) is 10.1 Å². The van der Waals surface area contributed by atoms with E-state index in [2.05, 4.69) is 26.3 Å². The van der Waals surface area contributed by atoms with Gasteiger partial charge in [0.2, 0.25) is 0 Å². The van der Waals surface area contributed by atoms with E-state index in [1.807, 2.05) is 31.2 Å². The predicted octanol–water partition coefficient (Wildman–Crippen LogP) is 5.16. The van der Waals surface area contributed by atoms with Gasteiger partial charge in [-0.3, -0.25) is 9.69 Å². The lowest BCUT2D eigenvalue weighted by molar-refractivity contribution is 0.0787. The Labute approximate surface area is 242 Å². The molecule has 0 spiro atoms. The second-order valence-electron chi connectivity index (χ2n) is 9.57. The lowest BCUT2D eigenvalue weighted by Gasteiger charge is -2.39. The summed E-state index contributed by atoms with van der Waals surface area (Å²) < 4.78 is 12.3. The van der Waals surface area contributed by atoms with Crippen molar-refractivity contribution in [1.82, 2.24) is 14.7 Å². The molecule has 10 heteroatoms. The number of hydrogen-bond donors (Lipinski definition) is 1. The van der Waals surface area contributed by atoms with Gasteiger partial charge in [-0.2, -0.15) is 10.4 Å². The first-order chi connectivity index (χ1) is 18.9. The Hall–Kier alpha value is -3.42. The number of aromatic nitrogens is 2. The van der Waals surface area contributed by atoms with Gasteiger partial charge in [0.1, 0.15) is 6.07 Å². The van der Waals surface area contributed by atoms with Crippen LogP contribution in [0.4, 0.5) is 11.4 Å². The standard InChI is InChI=1S/C29H35ClN6O3.CH4/c1-21-27(20-32-36(21)26-7-4-23(30)5-8-26)29(37)33-24-6-9-28(22(18-24)19-31)35-12-10-25(11-13-35)34(14-16-38-2)15-17-39-3;/h4-9,18,20,25H,10-17H2,1-3H3,(H,33,37);1H4. The van der Waals surface area contributed by atoms with Crippen LogP contribution >= 0.6 is 11.6 Å². The Kier molecular flexibility index (Phi) is 11.5. The molecule has 4 rings (SSSR count). The first kappa shape index (κ1) is 31.1. The van der Waals surface area contributed by atoms with E-state index in [0.717, 1.165) is 50.4 Å². The van der Waals surface area contributed by atoms with Crippen LogP contribution in [0.2, 0.25) is 5.02 Å². The Morgan fingerprint density at radius 3 is 2.38 bits per heavy atom. The maximum atomic E-state index is 13.1. The topological polar surface area (TPSA) is 95.7 Å². The van der Waals surface area contributed by atoms with Crippen molar-refractivity contribution in [1.29, 1.82) is 5.26 Å². The fourth-order valence-corrected chi connectivity index (χ4v) is 5.14. The molecule has 1 N–H and O–H groups in total. The molecule has 1 fully saturated rings. The highest BCUT2D eigenvalue weighted by Gasteiger charge is 2.26. The summed E-state index contributed by atoms with van der Waals surface area (Å²) in [5.41, 5.74) is 3.98. The van der Waals surface area contributed by atoms with Crippen molar-refractivity contribution in [2.24, 2.45) is 0 Å². The smallest absolute Gasteiger partial charge is 0.259 e. The number of ether oxygens (including phenoxy) is 2. The SMILES string of the molecule is C.COCCN(CCOC)C1CCN(c2ccc(NC(=O)c3cnn(-c4ccc(Cl)cc4)c3C)cc2C#N)CC1. The summed E-state index contributed by atoms with van der Waals surface area (Å²) in [4.78, 5) is 17.8. The van der Waals surface area contributed by atoms with Crippen LogP contribution < -0.4 is 10.2 Å². The Balaban J connectivity index is 0.00000441. The van der Waals surface area contributed by atoms with Crippen LogP contribution in [0.3, 0.4) is 0 Å². The summed E-state index contributed by atoms with van der Waals surface area (Å²) in [5, 5.41) is 17.8. The molecule has 1 aliphatic heterocycles. The number of nitrogens with zero attached hydrogens (tertiary/aromatic N) is 5. The molecule has 2 aromatic carbocycles. The number of carbonyl (C=O) groups excluding carboxylic acids is 1. The lowest BCUT2D eigenvalue weighted by Crippen LogP contribution is -2.47. The molecule has 2 heterocycles. The van der Waals surface area contributed by atoms with E-state index in [1.54, 1.807) is 43.3 Å². The molecule has 0 unspecified atom stereocenters. The summed E-state index contributed by atoms with van der Waals surface area (Å²) in [6.07, 6.45) is 3.53. The second kappa shape index (κ2) is 14.8. The van der Waals surface area contributed by atoms with E-state index < -0.39 is 0 Å². The summed E-state index contributed by atoms with van der Waals surface area (Å²) in [6.45, 7) is 6.68. The number of rotatable bonds is 11. The normalized spacial score (nSPS) is 13.7. The highest BCUT2D eigenvalue weighted by atomic mass is 35.5. The highest BCUT2D eigenvalue weighted by molar-refractivity contribution is 6.30. The summed E-state index contributed by atoms with van der Waals surface area (Å²) in [7, 11) is 3.45. The van der Waals surface area contributed by atoms with Crippen molar-refractivity contribution < 1.29 is 14.3 Å². The summed E-state index contributed by atoms with van der Waals surface area (Å²) >= 11 is 5.99. The van der Waals surface area contributed by atoms with Gasteiger partial charge in [0.15, 0.2) is 0 Å². The minimum absolute atomic E-state index is 0. The Bertz CT molecular complexity index is 1290. The average molecular weight is 567 g/mol. The number of methoxy groups -OCH3 is 2.